The lowest BCUT2D eigenvalue weighted by Gasteiger charge is -2.00. The Morgan fingerprint density at radius 2 is 2.43 bits per heavy atom. The van der Waals surface area contributed by atoms with Crippen LogP contribution in [0, 0.1) is 6.61 Å². The zero-order valence-electron chi connectivity index (χ0n) is 4.16. The Balaban J connectivity index is 2.83. The van der Waals surface area contributed by atoms with Gasteiger partial charge in [0, 0.05) is 7.11 Å². The van der Waals surface area contributed by atoms with Gasteiger partial charge in [0.05, 0.1) is 6.61 Å². The van der Waals surface area contributed by atoms with Gasteiger partial charge in [-0.15, -0.1) is 0 Å². The van der Waals surface area contributed by atoms with Gasteiger partial charge >= 0.3 is 0 Å². The van der Waals surface area contributed by atoms with Crippen molar-refractivity contribution in [2.24, 2.45) is 0 Å². The van der Waals surface area contributed by atoms with Crippen molar-refractivity contribution in [3.05, 3.63) is 6.61 Å². The van der Waals surface area contributed by atoms with Gasteiger partial charge in [0.25, 0.3) is 0 Å². The minimum Gasteiger partial charge on any atom is -0.394 e. The fraction of sp³-hybridized carbons (Fsp3) is 0.750. The summed E-state index contributed by atoms with van der Waals surface area (Å²) < 4.78 is 4.36. The first-order chi connectivity index (χ1) is 3.31. The normalized spacial score (nSPS) is 14.1. The highest BCUT2D eigenvalue weighted by Gasteiger charge is 1.97. The lowest BCUT2D eigenvalue weighted by atomic mass is 10.4. The first-order valence-electron chi connectivity index (χ1n) is 1.96. The van der Waals surface area contributed by atoms with Gasteiger partial charge in [-0.1, -0.05) is 0 Å². The Hall–Kier alpha value is -0.120. The summed E-state index contributed by atoms with van der Waals surface area (Å²) in [6.07, 6.45) is -0.843. The van der Waals surface area contributed by atoms with Crippen LogP contribution in [0.25, 0.3) is 0 Å². The topological polar surface area (TPSA) is 49.7 Å². The summed E-state index contributed by atoms with van der Waals surface area (Å²) >= 11 is 0. The molecule has 0 aliphatic heterocycles. The zero-order chi connectivity index (χ0) is 5.70. The third-order valence-electron chi connectivity index (χ3n) is 0.480. The molecule has 0 amide bonds. The second kappa shape index (κ2) is 4.05. The van der Waals surface area contributed by atoms with E-state index in [1.54, 1.807) is 0 Å². The molecule has 0 heterocycles. The number of hydrogen-bond donors (Lipinski definition) is 2. The Bertz CT molecular complexity index is 37.9. The highest BCUT2D eigenvalue weighted by molar-refractivity contribution is 4.60. The molecule has 0 saturated heterocycles. The van der Waals surface area contributed by atoms with Crippen molar-refractivity contribution in [2.75, 3.05) is 13.7 Å². The van der Waals surface area contributed by atoms with Crippen LogP contribution in [0.1, 0.15) is 0 Å². The lowest BCUT2D eigenvalue weighted by Crippen LogP contribution is -2.12. The van der Waals surface area contributed by atoms with Crippen LogP contribution in [0.15, 0.2) is 0 Å². The summed E-state index contributed by atoms with van der Waals surface area (Å²) in [6, 6.07) is 0. The number of aliphatic hydroxyl groups is 2. The molecule has 0 spiro atoms. The summed E-state index contributed by atoms with van der Waals surface area (Å²) in [6.45, 7) is 0.869. The van der Waals surface area contributed by atoms with Crippen molar-refractivity contribution in [2.45, 2.75) is 6.10 Å². The van der Waals surface area contributed by atoms with Crippen LogP contribution in [0.2, 0.25) is 0 Å². The molecule has 1 unspecified atom stereocenters. The van der Waals surface area contributed by atoms with E-state index < -0.39 is 6.10 Å². The number of rotatable bonds is 3. The SMILES string of the molecule is CO[CH]C(O)CO. The van der Waals surface area contributed by atoms with Gasteiger partial charge in [-0.05, 0) is 0 Å². The van der Waals surface area contributed by atoms with E-state index in [0.717, 1.165) is 6.61 Å². The van der Waals surface area contributed by atoms with Crippen LogP contribution in [0.3, 0.4) is 0 Å². The van der Waals surface area contributed by atoms with E-state index in [9.17, 15) is 0 Å². The maximum Gasteiger partial charge on any atom is 0.114 e. The molecular formula is C4H9O3. The van der Waals surface area contributed by atoms with E-state index in [1.165, 1.54) is 7.11 Å². The second-order valence-electron chi connectivity index (χ2n) is 1.12. The molecule has 2 N–H and O–H groups in total. The fourth-order valence-corrected chi connectivity index (χ4v) is 0.200. The first-order valence-corrected chi connectivity index (χ1v) is 1.96. The van der Waals surface area contributed by atoms with Crippen molar-refractivity contribution in [1.29, 1.82) is 0 Å². The molecule has 0 saturated carbocycles. The third kappa shape index (κ3) is 3.72. The maximum atomic E-state index is 8.43. The molecule has 3 nitrogen and oxygen atoms in total. The van der Waals surface area contributed by atoms with E-state index in [0.29, 0.717) is 0 Å². The Labute approximate surface area is 42.5 Å². The molecule has 0 aromatic rings. The standard InChI is InChI=1S/C4H9O3/c1-7-3-4(6)2-5/h3-6H,2H2,1H3. The largest absolute Gasteiger partial charge is 0.394 e. The van der Waals surface area contributed by atoms with Crippen molar-refractivity contribution in [1.82, 2.24) is 0 Å². The van der Waals surface area contributed by atoms with Crippen LogP contribution >= 0.6 is 0 Å². The molecule has 0 rings (SSSR count). The summed E-state index contributed by atoms with van der Waals surface area (Å²) in [7, 11) is 1.42. The van der Waals surface area contributed by atoms with Crippen molar-refractivity contribution in [3.63, 3.8) is 0 Å². The molecule has 0 aliphatic rings. The molecule has 0 bridgehead atoms. The van der Waals surface area contributed by atoms with Crippen LogP contribution in [0.4, 0.5) is 0 Å². The Morgan fingerprint density at radius 1 is 1.86 bits per heavy atom. The van der Waals surface area contributed by atoms with E-state index in [-0.39, 0.29) is 6.61 Å². The number of aliphatic hydroxyl groups excluding tert-OH is 2. The monoisotopic (exact) mass is 105 g/mol. The fourth-order valence-electron chi connectivity index (χ4n) is 0.200. The van der Waals surface area contributed by atoms with Crippen LogP contribution < -0.4 is 0 Å². The molecule has 1 atom stereocenters. The van der Waals surface area contributed by atoms with Crippen molar-refractivity contribution >= 4 is 0 Å². The van der Waals surface area contributed by atoms with Gasteiger partial charge in [-0.2, -0.15) is 0 Å². The van der Waals surface area contributed by atoms with E-state index >= 15 is 0 Å². The maximum absolute atomic E-state index is 8.43. The highest BCUT2D eigenvalue weighted by Crippen LogP contribution is 1.85. The molecule has 1 radical (unpaired) electrons. The Morgan fingerprint density at radius 3 is 2.57 bits per heavy atom. The summed E-state index contributed by atoms with van der Waals surface area (Å²) in [5.41, 5.74) is 0. The van der Waals surface area contributed by atoms with Gasteiger partial charge in [-0.25, -0.2) is 0 Å². The van der Waals surface area contributed by atoms with Gasteiger partial charge in [0.1, 0.15) is 12.7 Å². The van der Waals surface area contributed by atoms with Crippen molar-refractivity contribution < 1.29 is 14.9 Å². The van der Waals surface area contributed by atoms with Gasteiger partial charge in [0.2, 0.25) is 0 Å². The predicted molar refractivity (Wildman–Crippen MR) is 24.4 cm³/mol. The summed E-state index contributed by atoms with van der Waals surface area (Å²) in [4.78, 5) is 0. The number of ether oxygens (including phenoxy) is 1. The summed E-state index contributed by atoms with van der Waals surface area (Å²) in [5.74, 6) is 0. The average Bonchev–Trinajstić information content (AvgIpc) is 1.68. The van der Waals surface area contributed by atoms with Crippen LogP contribution in [0.5, 0.6) is 0 Å². The number of methoxy groups -OCH3 is 1. The van der Waals surface area contributed by atoms with E-state index in [4.69, 9.17) is 10.2 Å². The second-order valence-corrected chi connectivity index (χ2v) is 1.12. The van der Waals surface area contributed by atoms with Crippen LogP contribution in [-0.4, -0.2) is 30.0 Å². The minimum absolute atomic E-state index is 0.284. The highest BCUT2D eigenvalue weighted by atomic mass is 16.5. The van der Waals surface area contributed by atoms with E-state index in [1.807, 2.05) is 0 Å². The molecule has 0 fully saturated rings. The zero-order valence-corrected chi connectivity index (χ0v) is 4.16. The summed E-state index contributed by atoms with van der Waals surface area (Å²) in [5, 5.41) is 16.5. The van der Waals surface area contributed by atoms with Gasteiger partial charge in [-0.3, -0.25) is 0 Å². The smallest absolute Gasteiger partial charge is 0.114 e. The third-order valence-corrected chi connectivity index (χ3v) is 0.480. The molecule has 7 heavy (non-hydrogen) atoms. The first kappa shape index (κ1) is 6.88. The predicted octanol–water partition coefficient (Wildman–Crippen LogP) is -0.852. The molecule has 3 heteroatoms. The van der Waals surface area contributed by atoms with Crippen molar-refractivity contribution in [3.8, 4) is 0 Å². The quantitative estimate of drug-likeness (QED) is 0.491. The minimum atomic E-state index is -0.843. The molecule has 0 aromatic heterocycles. The lowest BCUT2D eigenvalue weighted by molar-refractivity contribution is 0.0667. The van der Waals surface area contributed by atoms with E-state index in [2.05, 4.69) is 4.74 Å². The molecule has 0 aromatic carbocycles. The Kier molecular flexibility index (Phi) is 3.98. The number of hydrogen-bond acceptors (Lipinski definition) is 3. The van der Waals surface area contributed by atoms with Crippen LogP contribution in [-0.2, 0) is 4.74 Å². The van der Waals surface area contributed by atoms with Gasteiger partial charge < -0.3 is 14.9 Å². The molecule has 0 aliphatic carbocycles. The van der Waals surface area contributed by atoms with Gasteiger partial charge in [0.15, 0.2) is 0 Å². The molecule has 43 valence electrons. The molecular weight excluding hydrogens is 96.0 g/mol. The average molecular weight is 105 g/mol.